The van der Waals surface area contributed by atoms with Crippen molar-refractivity contribution in [3.63, 3.8) is 0 Å². The Balaban J connectivity index is 1.46. The molecule has 0 atom stereocenters. The Bertz CT molecular complexity index is 1860. The summed E-state index contributed by atoms with van der Waals surface area (Å²) in [4.78, 5) is 15.0. The SMILES string of the molecule is CC(C)(C)c1cc(-c2cccc(-c3nc(-c4ccccc4)nc(-c4ccc(-c5ccccc5)cc4)n3)c2)cc(C(C)(C)C)c1. The molecular formula is C41H39N3. The molecule has 0 aliphatic rings. The van der Waals surface area contributed by atoms with Crippen LogP contribution in [0.4, 0.5) is 0 Å². The Hall–Kier alpha value is -4.89. The summed E-state index contributed by atoms with van der Waals surface area (Å²) in [6.45, 7) is 13.7. The normalized spacial score (nSPS) is 11.9. The molecule has 5 aromatic carbocycles. The predicted molar refractivity (Wildman–Crippen MR) is 184 cm³/mol. The Labute approximate surface area is 261 Å². The van der Waals surface area contributed by atoms with Crippen LogP contribution in [0.15, 0.2) is 127 Å². The van der Waals surface area contributed by atoms with Gasteiger partial charge in [-0.05, 0) is 50.3 Å². The molecule has 218 valence electrons. The van der Waals surface area contributed by atoms with Crippen LogP contribution < -0.4 is 0 Å². The van der Waals surface area contributed by atoms with Gasteiger partial charge in [-0.25, -0.2) is 15.0 Å². The van der Waals surface area contributed by atoms with Crippen molar-refractivity contribution in [1.82, 2.24) is 15.0 Å². The van der Waals surface area contributed by atoms with Crippen LogP contribution in [-0.4, -0.2) is 15.0 Å². The van der Waals surface area contributed by atoms with Crippen LogP contribution in [0.25, 0.3) is 56.4 Å². The minimum Gasteiger partial charge on any atom is -0.208 e. The van der Waals surface area contributed by atoms with Crippen molar-refractivity contribution in [3.05, 3.63) is 139 Å². The van der Waals surface area contributed by atoms with Gasteiger partial charge in [-0.2, -0.15) is 0 Å². The third-order valence-electron chi connectivity index (χ3n) is 8.04. The fourth-order valence-electron chi connectivity index (χ4n) is 5.29. The van der Waals surface area contributed by atoms with Crippen molar-refractivity contribution in [2.45, 2.75) is 52.4 Å². The fourth-order valence-corrected chi connectivity index (χ4v) is 5.29. The molecular weight excluding hydrogens is 534 g/mol. The minimum atomic E-state index is 0.0391. The van der Waals surface area contributed by atoms with Gasteiger partial charge in [-0.1, -0.05) is 163 Å². The molecule has 0 unspecified atom stereocenters. The van der Waals surface area contributed by atoms with E-state index in [4.69, 9.17) is 15.0 Å². The van der Waals surface area contributed by atoms with Crippen LogP contribution in [0, 0.1) is 0 Å². The maximum Gasteiger partial charge on any atom is 0.164 e. The van der Waals surface area contributed by atoms with E-state index in [1.807, 2.05) is 36.4 Å². The van der Waals surface area contributed by atoms with Gasteiger partial charge in [0.05, 0.1) is 0 Å². The number of nitrogens with zero attached hydrogens (tertiary/aromatic N) is 3. The predicted octanol–water partition coefficient (Wildman–Crippen LogP) is 10.8. The van der Waals surface area contributed by atoms with Gasteiger partial charge in [-0.15, -0.1) is 0 Å². The van der Waals surface area contributed by atoms with Crippen LogP contribution in [0.1, 0.15) is 52.7 Å². The summed E-state index contributed by atoms with van der Waals surface area (Å²) >= 11 is 0. The Morgan fingerprint density at radius 3 is 1.23 bits per heavy atom. The molecule has 0 saturated carbocycles. The molecule has 44 heavy (non-hydrogen) atoms. The first-order valence-corrected chi connectivity index (χ1v) is 15.3. The van der Waals surface area contributed by atoms with E-state index in [0.717, 1.165) is 27.8 Å². The molecule has 0 amide bonds. The second-order valence-corrected chi connectivity index (χ2v) is 13.5. The summed E-state index contributed by atoms with van der Waals surface area (Å²) in [5.41, 5.74) is 10.3. The van der Waals surface area contributed by atoms with Crippen molar-refractivity contribution in [2.75, 3.05) is 0 Å². The Morgan fingerprint density at radius 2 is 0.705 bits per heavy atom. The molecule has 3 nitrogen and oxygen atoms in total. The third kappa shape index (κ3) is 6.38. The van der Waals surface area contributed by atoms with Crippen molar-refractivity contribution >= 4 is 0 Å². The first-order chi connectivity index (χ1) is 21.0. The minimum absolute atomic E-state index is 0.0391. The van der Waals surface area contributed by atoms with Crippen molar-refractivity contribution < 1.29 is 0 Å². The average Bonchev–Trinajstić information content (AvgIpc) is 3.04. The zero-order chi connectivity index (χ0) is 30.9. The topological polar surface area (TPSA) is 38.7 Å². The summed E-state index contributed by atoms with van der Waals surface area (Å²) in [6, 6.07) is 44.6. The second-order valence-electron chi connectivity index (χ2n) is 13.5. The van der Waals surface area contributed by atoms with E-state index in [2.05, 4.69) is 133 Å². The lowest BCUT2D eigenvalue weighted by atomic mass is 9.79. The molecule has 0 fully saturated rings. The maximum atomic E-state index is 5.03. The quantitative estimate of drug-likeness (QED) is 0.206. The van der Waals surface area contributed by atoms with Gasteiger partial charge in [0, 0.05) is 16.7 Å². The fraction of sp³-hybridized carbons (Fsp3) is 0.195. The smallest absolute Gasteiger partial charge is 0.164 e. The third-order valence-corrected chi connectivity index (χ3v) is 8.04. The lowest BCUT2D eigenvalue weighted by molar-refractivity contribution is 0.569. The van der Waals surface area contributed by atoms with Crippen LogP contribution in [-0.2, 0) is 10.8 Å². The highest BCUT2D eigenvalue weighted by Gasteiger charge is 2.21. The van der Waals surface area contributed by atoms with Crippen LogP contribution in [0.2, 0.25) is 0 Å². The number of rotatable bonds is 5. The molecule has 0 N–H and O–H groups in total. The summed E-state index contributed by atoms with van der Waals surface area (Å²) in [6.07, 6.45) is 0. The first-order valence-electron chi connectivity index (χ1n) is 15.3. The number of hydrogen-bond donors (Lipinski definition) is 0. The molecule has 0 saturated heterocycles. The highest BCUT2D eigenvalue weighted by Crippen LogP contribution is 2.35. The molecule has 0 spiro atoms. The monoisotopic (exact) mass is 573 g/mol. The van der Waals surface area contributed by atoms with Gasteiger partial charge in [0.2, 0.25) is 0 Å². The molecule has 0 aliphatic carbocycles. The molecule has 1 heterocycles. The Morgan fingerprint density at radius 1 is 0.318 bits per heavy atom. The van der Waals surface area contributed by atoms with Gasteiger partial charge < -0.3 is 0 Å². The second kappa shape index (κ2) is 11.7. The zero-order valence-electron chi connectivity index (χ0n) is 26.5. The summed E-state index contributed by atoms with van der Waals surface area (Å²) in [7, 11) is 0. The van der Waals surface area contributed by atoms with Crippen LogP contribution in [0.5, 0.6) is 0 Å². The van der Waals surface area contributed by atoms with Gasteiger partial charge in [0.1, 0.15) is 0 Å². The van der Waals surface area contributed by atoms with Crippen LogP contribution in [0.3, 0.4) is 0 Å². The molecule has 0 radical (unpaired) electrons. The average molecular weight is 574 g/mol. The lowest BCUT2D eigenvalue weighted by Crippen LogP contribution is -2.16. The molecule has 3 heteroatoms. The number of benzene rings is 5. The van der Waals surface area contributed by atoms with E-state index < -0.39 is 0 Å². The standard InChI is InChI=1S/C41H39N3/c1-40(2,3)35-25-34(26-36(27-35)41(4,5)6)32-18-13-19-33(24-32)39-43-37(30-16-11-8-12-17-30)42-38(44-39)31-22-20-29(21-23-31)28-14-9-7-10-15-28/h7-27H,1-6H3. The number of hydrogen-bond acceptors (Lipinski definition) is 3. The highest BCUT2D eigenvalue weighted by atomic mass is 15.0. The van der Waals surface area contributed by atoms with E-state index >= 15 is 0 Å². The molecule has 0 bridgehead atoms. The highest BCUT2D eigenvalue weighted by molar-refractivity contribution is 5.74. The van der Waals surface area contributed by atoms with Gasteiger partial charge in [0.15, 0.2) is 17.5 Å². The maximum absolute atomic E-state index is 5.03. The van der Waals surface area contributed by atoms with Gasteiger partial charge in [-0.3, -0.25) is 0 Å². The van der Waals surface area contributed by atoms with E-state index in [0.29, 0.717) is 17.5 Å². The molecule has 6 aromatic rings. The van der Waals surface area contributed by atoms with E-state index in [1.54, 1.807) is 0 Å². The van der Waals surface area contributed by atoms with E-state index in [1.165, 1.54) is 22.3 Å². The van der Waals surface area contributed by atoms with Crippen molar-refractivity contribution in [1.29, 1.82) is 0 Å². The van der Waals surface area contributed by atoms with E-state index in [-0.39, 0.29) is 10.8 Å². The van der Waals surface area contributed by atoms with Crippen molar-refractivity contribution in [3.8, 4) is 56.4 Å². The largest absolute Gasteiger partial charge is 0.208 e. The molecule has 1 aromatic heterocycles. The lowest BCUT2D eigenvalue weighted by Gasteiger charge is -2.26. The van der Waals surface area contributed by atoms with E-state index in [9.17, 15) is 0 Å². The van der Waals surface area contributed by atoms with Crippen LogP contribution >= 0.6 is 0 Å². The number of aromatic nitrogens is 3. The molecule has 0 aliphatic heterocycles. The first kappa shape index (κ1) is 29.2. The van der Waals surface area contributed by atoms with Gasteiger partial charge >= 0.3 is 0 Å². The van der Waals surface area contributed by atoms with Crippen molar-refractivity contribution in [2.24, 2.45) is 0 Å². The Kier molecular flexibility index (Phi) is 7.73. The zero-order valence-corrected chi connectivity index (χ0v) is 26.5. The summed E-state index contributed by atoms with van der Waals surface area (Å²) < 4.78 is 0. The van der Waals surface area contributed by atoms with Gasteiger partial charge in [0.25, 0.3) is 0 Å². The summed E-state index contributed by atoms with van der Waals surface area (Å²) in [5.74, 6) is 1.97. The molecule has 6 rings (SSSR count). The summed E-state index contributed by atoms with van der Waals surface area (Å²) in [5, 5.41) is 0.